The van der Waals surface area contributed by atoms with Crippen molar-refractivity contribution in [2.75, 3.05) is 19.3 Å². The molecule has 0 aliphatic carbocycles. The van der Waals surface area contributed by atoms with Gasteiger partial charge in [0.2, 0.25) is 5.91 Å². The minimum absolute atomic E-state index is 0.0418. The van der Waals surface area contributed by atoms with Crippen molar-refractivity contribution >= 4 is 17.7 Å². The van der Waals surface area contributed by atoms with E-state index in [1.54, 1.807) is 23.7 Å². The van der Waals surface area contributed by atoms with Crippen LogP contribution in [-0.2, 0) is 4.79 Å². The summed E-state index contributed by atoms with van der Waals surface area (Å²) in [5.41, 5.74) is 1.13. The lowest BCUT2D eigenvalue weighted by Gasteiger charge is -2.20. The van der Waals surface area contributed by atoms with Gasteiger partial charge in [0.05, 0.1) is 18.4 Å². The van der Waals surface area contributed by atoms with Crippen molar-refractivity contribution in [2.45, 2.75) is 17.2 Å². The van der Waals surface area contributed by atoms with E-state index in [0.29, 0.717) is 13.0 Å². The number of amides is 1. The predicted molar refractivity (Wildman–Crippen MR) is 67.8 cm³/mol. The highest BCUT2D eigenvalue weighted by Gasteiger charge is 2.30. The first-order valence-corrected chi connectivity index (χ1v) is 6.56. The van der Waals surface area contributed by atoms with E-state index in [2.05, 4.69) is 12.1 Å². The van der Waals surface area contributed by atoms with Crippen LogP contribution in [0.3, 0.4) is 0 Å². The Kier molecular flexibility index (Phi) is 3.70. The number of likely N-dealkylation sites (N-methyl/N-ethyl adjacent to an activating group) is 1. The molecule has 0 N–H and O–H groups in total. The third-order valence-corrected chi connectivity index (χ3v) is 4.12. The van der Waals surface area contributed by atoms with Crippen LogP contribution in [0.5, 0.6) is 0 Å². The van der Waals surface area contributed by atoms with Crippen LogP contribution >= 0.6 is 11.8 Å². The summed E-state index contributed by atoms with van der Waals surface area (Å²) in [5.74, 6) is 0.896. The summed E-state index contributed by atoms with van der Waals surface area (Å²) in [5, 5.41) is 8.53. The molecule has 1 aromatic carbocycles. The summed E-state index contributed by atoms with van der Waals surface area (Å²) in [6.45, 7) is 0.513. The molecule has 17 heavy (non-hydrogen) atoms. The first-order chi connectivity index (χ1) is 8.24. The average Bonchev–Trinajstić information content (AvgIpc) is 2.78. The summed E-state index contributed by atoms with van der Waals surface area (Å²) in [6, 6.07) is 10.1. The summed E-state index contributed by atoms with van der Waals surface area (Å²) < 4.78 is 0. The molecule has 0 aromatic heterocycles. The van der Waals surface area contributed by atoms with Crippen molar-refractivity contribution < 1.29 is 4.79 Å². The Balaban J connectivity index is 2.10. The zero-order valence-corrected chi connectivity index (χ0v) is 10.5. The van der Waals surface area contributed by atoms with Crippen LogP contribution in [0.4, 0.5) is 0 Å². The Hall–Kier alpha value is -1.47. The van der Waals surface area contributed by atoms with Crippen LogP contribution in [0.25, 0.3) is 0 Å². The number of nitriles is 1. The quantitative estimate of drug-likeness (QED) is 0.821. The maximum absolute atomic E-state index is 12.2. The maximum atomic E-state index is 12.2. The van der Waals surface area contributed by atoms with E-state index in [0.717, 1.165) is 11.3 Å². The fourth-order valence-electron chi connectivity index (χ4n) is 1.96. The normalized spacial score (nSPS) is 17.3. The summed E-state index contributed by atoms with van der Waals surface area (Å²) in [4.78, 5) is 15.1. The van der Waals surface area contributed by atoms with Gasteiger partial charge in [-0.15, -0.1) is 11.8 Å². The molecule has 0 radical (unpaired) electrons. The van der Waals surface area contributed by atoms with Gasteiger partial charge in [-0.25, -0.2) is 0 Å². The third kappa shape index (κ3) is 2.45. The molecule has 0 saturated carbocycles. The number of thioether (sulfide) groups is 1. The number of benzene rings is 1. The number of carbonyl (C=O) groups is 1. The molecule has 1 heterocycles. The van der Waals surface area contributed by atoms with E-state index in [9.17, 15) is 4.79 Å². The van der Waals surface area contributed by atoms with Crippen molar-refractivity contribution in [3.63, 3.8) is 0 Å². The van der Waals surface area contributed by atoms with Gasteiger partial charge in [0, 0.05) is 24.2 Å². The molecular weight excluding hydrogens is 232 g/mol. The highest BCUT2D eigenvalue weighted by molar-refractivity contribution is 7.99. The number of nitrogens with zero attached hydrogens (tertiary/aromatic N) is 2. The minimum Gasteiger partial charge on any atom is -0.344 e. The Morgan fingerprint density at radius 3 is 3.12 bits per heavy atom. The Labute approximate surface area is 105 Å². The molecule has 1 aliphatic rings. The fraction of sp³-hybridized carbons (Fsp3) is 0.385. The van der Waals surface area contributed by atoms with Crippen LogP contribution in [0.15, 0.2) is 29.2 Å². The lowest BCUT2D eigenvalue weighted by atomic mass is 10.00. The number of hydrogen-bond acceptors (Lipinski definition) is 3. The van der Waals surface area contributed by atoms with Crippen LogP contribution in [0, 0.1) is 11.3 Å². The topological polar surface area (TPSA) is 44.1 Å². The molecule has 88 valence electrons. The van der Waals surface area contributed by atoms with E-state index >= 15 is 0 Å². The van der Waals surface area contributed by atoms with Crippen molar-refractivity contribution in [2.24, 2.45) is 0 Å². The van der Waals surface area contributed by atoms with Crippen LogP contribution < -0.4 is 0 Å². The van der Waals surface area contributed by atoms with Gasteiger partial charge >= 0.3 is 0 Å². The molecule has 0 spiro atoms. The lowest BCUT2D eigenvalue weighted by Crippen LogP contribution is -2.32. The molecule has 0 bridgehead atoms. The second-order valence-electron chi connectivity index (χ2n) is 4.07. The maximum Gasteiger partial charge on any atom is 0.230 e. The summed E-state index contributed by atoms with van der Waals surface area (Å²) in [6.07, 6.45) is 0.393. The van der Waals surface area contributed by atoms with E-state index in [4.69, 9.17) is 5.26 Å². The van der Waals surface area contributed by atoms with Crippen LogP contribution in [-0.4, -0.2) is 30.2 Å². The molecule has 1 amide bonds. The lowest BCUT2D eigenvalue weighted by molar-refractivity contribution is -0.130. The third-order valence-electron chi connectivity index (χ3n) is 2.93. The van der Waals surface area contributed by atoms with Gasteiger partial charge in [-0.05, 0) is 11.6 Å². The number of fused-ring (bicyclic) bond motifs is 1. The highest BCUT2D eigenvalue weighted by atomic mass is 32.2. The van der Waals surface area contributed by atoms with Crippen molar-refractivity contribution in [1.29, 1.82) is 5.26 Å². The van der Waals surface area contributed by atoms with Gasteiger partial charge in [-0.2, -0.15) is 5.26 Å². The Bertz CT molecular complexity index is 467. The molecule has 0 saturated heterocycles. The minimum atomic E-state index is -0.0418. The number of hydrogen-bond donors (Lipinski definition) is 0. The zero-order valence-electron chi connectivity index (χ0n) is 9.72. The molecule has 2 rings (SSSR count). The van der Waals surface area contributed by atoms with E-state index < -0.39 is 0 Å². The van der Waals surface area contributed by atoms with E-state index in [1.165, 1.54) is 4.90 Å². The first kappa shape index (κ1) is 12.0. The van der Waals surface area contributed by atoms with Gasteiger partial charge in [0.1, 0.15) is 0 Å². The van der Waals surface area contributed by atoms with Crippen molar-refractivity contribution in [3.05, 3.63) is 29.8 Å². The molecule has 1 atom stereocenters. The summed E-state index contributed by atoms with van der Waals surface area (Å²) in [7, 11) is 1.77. The first-order valence-electron chi connectivity index (χ1n) is 5.57. The molecular formula is C13H14N2OS. The Morgan fingerprint density at radius 1 is 1.59 bits per heavy atom. The fourth-order valence-corrected chi connectivity index (χ4v) is 3.18. The van der Waals surface area contributed by atoms with Crippen molar-refractivity contribution in [3.8, 4) is 6.07 Å². The van der Waals surface area contributed by atoms with Crippen molar-refractivity contribution in [1.82, 2.24) is 4.90 Å². The predicted octanol–water partition coefficient (Wildman–Crippen LogP) is 2.25. The average molecular weight is 246 g/mol. The zero-order chi connectivity index (χ0) is 12.3. The second-order valence-corrected chi connectivity index (χ2v) is 5.13. The SMILES string of the molecule is CN(CCC#N)C(=O)C1CSc2ccccc21. The standard InChI is InChI=1S/C13H14N2OS/c1-15(8-4-7-14)13(16)11-9-17-12-6-3-2-5-10(11)12/h2-3,5-6,11H,4,8-9H2,1H3. The summed E-state index contributed by atoms with van der Waals surface area (Å²) >= 11 is 1.73. The van der Waals surface area contributed by atoms with Gasteiger partial charge in [-0.1, -0.05) is 18.2 Å². The number of rotatable bonds is 3. The Morgan fingerprint density at radius 2 is 2.35 bits per heavy atom. The van der Waals surface area contributed by atoms with Crippen LogP contribution in [0.1, 0.15) is 17.9 Å². The van der Waals surface area contributed by atoms with Gasteiger partial charge in [0.15, 0.2) is 0 Å². The molecule has 0 fully saturated rings. The molecule has 1 aromatic rings. The molecule has 1 aliphatic heterocycles. The van der Waals surface area contributed by atoms with E-state index in [-0.39, 0.29) is 11.8 Å². The number of carbonyl (C=O) groups excluding carboxylic acids is 1. The highest BCUT2D eigenvalue weighted by Crippen LogP contribution is 2.39. The van der Waals surface area contributed by atoms with Gasteiger partial charge in [-0.3, -0.25) is 4.79 Å². The second kappa shape index (κ2) is 5.24. The monoisotopic (exact) mass is 246 g/mol. The van der Waals surface area contributed by atoms with E-state index in [1.807, 2.05) is 18.2 Å². The smallest absolute Gasteiger partial charge is 0.230 e. The van der Waals surface area contributed by atoms with Crippen LogP contribution in [0.2, 0.25) is 0 Å². The van der Waals surface area contributed by atoms with Gasteiger partial charge in [0.25, 0.3) is 0 Å². The molecule has 1 unspecified atom stereocenters. The largest absolute Gasteiger partial charge is 0.344 e. The van der Waals surface area contributed by atoms with Gasteiger partial charge < -0.3 is 4.90 Å². The molecule has 3 nitrogen and oxygen atoms in total. The molecule has 4 heteroatoms.